The van der Waals surface area contributed by atoms with Crippen LogP contribution >= 0.6 is 0 Å². The fourth-order valence-corrected chi connectivity index (χ4v) is 4.08. The van der Waals surface area contributed by atoms with Gasteiger partial charge in [0.25, 0.3) is 5.91 Å². The third-order valence-corrected chi connectivity index (χ3v) is 6.01. The van der Waals surface area contributed by atoms with Gasteiger partial charge in [0.15, 0.2) is 0 Å². The molecule has 22 heavy (non-hydrogen) atoms. The van der Waals surface area contributed by atoms with E-state index in [0.29, 0.717) is 13.1 Å². The van der Waals surface area contributed by atoms with E-state index in [1.54, 1.807) is 7.11 Å². The molecular formula is C17H26N2O3. The molecule has 5 nitrogen and oxygen atoms in total. The molecule has 1 saturated carbocycles. The minimum Gasteiger partial charge on any atom is -0.392 e. The summed E-state index contributed by atoms with van der Waals surface area (Å²) in [6.07, 6.45) is 2.23. The van der Waals surface area contributed by atoms with Crippen LogP contribution in [0.2, 0.25) is 0 Å². The van der Waals surface area contributed by atoms with Gasteiger partial charge < -0.3 is 19.3 Å². The van der Waals surface area contributed by atoms with E-state index in [4.69, 9.17) is 4.74 Å². The van der Waals surface area contributed by atoms with Crippen LogP contribution in [0.15, 0.2) is 6.07 Å². The first-order chi connectivity index (χ1) is 10.4. The van der Waals surface area contributed by atoms with Crippen molar-refractivity contribution >= 4 is 5.91 Å². The van der Waals surface area contributed by atoms with E-state index in [-0.39, 0.29) is 23.5 Å². The highest BCUT2D eigenvalue weighted by atomic mass is 16.5. The van der Waals surface area contributed by atoms with Gasteiger partial charge >= 0.3 is 0 Å². The average Bonchev–Trinajstić information content (AvgIpc) is 2.79. The summed E-state index contributed by atoms with van der Waals surface area (Å²) in [7, 11) is 3.70. The van der Waals surface area contributed by atoms with Gasteiger partial charge in [-0.1, -0.05) is 0 Å². The number of aliphatic hydroxyl groups is 1. The van der Waals surface area contributed by atoms with Gasteiger partial charge in [-0.15, -0.1) is 0 Å². The molecule has 122 valence electrons. The zero-order valence-electron chi connectivity index (χ0n) is 13.9. The number of likely N-dealkylation sites (tertiary alicyclic amines) is 1. The van der Waals surface area contributed by atoms with Gasteiger partial charge in [0, 0.05) is 50.5 Å². The van der Waals surface area contributed by atoms with Crippen molar-refractivity contribution in [3.8, 4) is 0 Å². The lowest BCUT2D eigenvalue weighted by Gasteiger charge is -2.56. The summed E-state index contributed by atoms with van der Waals surface area (Å²) in [4.78, 5) is 14.7. The van der Waals surface area contributed by atoms with Crippen molar-refractivity contribution in [1.29, 1.82) is 0 Å². The molecule has 1 aliphatic heterocycles. The van der Waals surface area contributed by atoms with Crippen molar-refractivity contribution in [1.82, 2.24) is 9.47 Å². The van der Waals surface area contributed by atoms with Crippen LogP contribution in [0.25, 0.3) is 0 Å². The highest BCUT2D eigenvalue weighted by Gasteiger charge is 2.56. The number of methoxy groups -OCH3 is 1. The Morgan fingerprint density at radius 3 is 2.45 bits per heavy atom. The Bertz CT molecular complexity index is 585. The van der Waals surface area contributed by atoms with Crippen molar-refractivity contribution in [2.45, 2.75) is 45.3 Å². The number of aryl methyl sites for hydroxylation is 1. The van der Waals surface area contributed by atoms with Gasteiger partial charge in [-0.05, 0) is 32.8 Å². The Morgan fingerprint density at radius 1 is 1.36 bits per heavy atom. The van der Waals surface area contributed by atoms with Crippen LogP contribution < -0.4 is 0 Å². The number of ether oxygens (including phenoxy) is 1. The van der Waals surface area contributed by atoms with Gasteiger partial charge in [0.1, 0.15) is 0 Å². The maximum absolute atomic E-state index is 12.8. The molecule has 1 aromatic heterocycles. The molecule has 1 aliphatic carbocycles. The third kappa shape index (κ3) is 2.10. The van der Waals surface area contributed by atoms with Crippen molar-refractivity contribution in [3.05, 3.63) is 23.0 Å². The number of hydrogen-bond acceptors (Lipinski definition) is 3. The lowest BCUT2D eigenvalue weighted by atomic mass is 9.58. The molecule has 3 rings (SSSR count). The summed E-state index contributed by atoms with van der Waals surface area (Å²) >= 11 is 0. The summed E-state index contributed by atoms with van der Waals surface area (Å²) in [5.74, 6) is 0.110. The normalized spacial score (nSPS) is 27.0. The van der Waals surface area contributed by atoms with E-state index in [9.17, 15) is 9.90 Å². The highest BCUT2D eigenvalue weighted by molar-refractivity contribution is 5.95. The number of aliphatic hydroxyl groups excluding tert-OH is 1. The van der Waals surface area contributed by atoms with Crippen LogP contribution in [-0.2, 0) is 11.8 Å². The van der Waals surface area contributed by atoms with Gasteiger partial charge in [-0.3, -0.25) is 4.79 Å². The first-order valence-corrected chi connectivity index (χ1v) is 8.04. The van der Waals surface area contributed by atoms with Crippen LogP contribution in [-0.4, -0.2) is 52.9 Å². The molecule has 1 saturated heterocycles. The van der Waals surface area contributed by atoms with Crippen molar-refractivity contribution < 1.29 is 14.6 Å². The maximum atomic E-state index is 12.8. The number of nitrogens with zero attached hydrogens (tertiary/aromatic N) is 2. The first kappa shape index (κ1) is 15.6. The number of carbonyl (C=O) groups is 1. The zero-order chi connectivity index (χ0) is 16.1. The van der Waals surface area contributed by atoms with Crippen molar-refractivity contribution in [2.24, 2.45) is 12.5 Å². The molecule has 2 aliphatic rings. The second-order valence-corrected chi connectivity index (χ2v) is 6.85. The molecule has 1 spiro atoms. The van der Waals surface area contributed by atoms with E-state index in [1.165, 1.54) is 0 Å². The largest absolute Gasteiger partial charge is 0.392 e. The molecule has 0 aromatic carbocycles. The molecule has 1 aromatic rings. The molecule has 5 heteroatoms. The molecule has 0 bridgehead atoms. The molecule has 2 fully saturated rings. The molecule has 1 amide bonds. The Hall–Kier alpha value is -1.33. The van der Waals surface area contributed by atoms with E-state index >= 15 is 0 Å². The summed E-state index contributed by atoms with van der Waals surface area (Å²) in [5.41, 5.74) is 2.78. The molecule has 2 atom stereocenters. The van der Waals surface area contributed by atoms with Crippen LogP contribution in [0.1, 0.15) is 41.0 Å². The van der Waals surface area contributed by atoms with E-state index in [2.05, 4.69) is 4.57 Å². The fourth-order valence-electron chi connectivity index (χ4n) is 4.08. The van der Waals surface area contributed by atoms with Crippen LogP contribution in [0.5, 0.6) is 0 Å². The van der Waals surface area contributed by atoms with Gasteiger partial charge in [-0.25, -0.2) is 0 Å². The first-order valence-electron chi connectivity index (χ1n) is 8.04. The van der Waals surface area contributed by atoms with Crippen molar-refractivity contribution in [3.63, 3.8) is 0 Å². The highest BCUT2D eigenvalue weighted by Crippen LogP contribution is 2.50. The minimum atomic E-state index is -0.282. The standard InChI is InChI=1S/C17H26N2O3/c1-11-9-13(12(2)18(11)3)16(21)19-7-5-17(6-8-19)14(20)10-15(17)22-4/h9,14-15,20H,5-8,10H2,1-4H3/t14-,15+/m0/s1. The second kappa shape index (κ2) is 5.39. The van der Waals surface area contributed by atoms with E-state index in [0.717, 1.165) is 36.2 Å². The minimum absolute atomic E-state index is 0.110. The summed E-state index contributed by atoms with van der Waals surface area (Å²) < 4.78 is 7.55. The number of carbonyl (C=O) groups excluding carboxylic acids is 1. The monoisotopic (exact) mass is 306 g/mol. The molecule has 0 radical (unpaired) electrons. The van der Waals surface area contributed by atoms with E-state index in [1.807, 2.05) is 31.9 Å². The van der Waals surface area contributed by atoms with Gasteiger partial charge in [0.2, 0.25) is 0 Å². The molecule has 1 N–H and O–H groups in total. The predicted octanol–water partition coefficient (Wildman–Crippen LogP) is 1.64. The van der Waals surface area contributed by atoms with Crippen LogP contribution in [0.4, 0.5) is 0 Å². The topological polar surface area (TPSA) is 54.7 Å². The second-order valence-electron chi connectivity index (χ2n) is 6.85. The molecule has 0 unspecified atom stereocenters. The zero-order valence-corrected chi connectivity index (χ0v) is 13.9. The Labute approximate surface area is 131 Å². The Kier molecular flexibility index (Phi) is 3.81. The summed E-state index contributed by atoms with van der Waals surface area (Å²) in [5, 5.41) is 10.2. The van der Waals surface area contributed by atoms with E-state index < -0.39 is 0 Å². The third-order valence-electron chi connectivity index (χ3n) is 6.01. The summed E-state index contributed by atoms with van der Waals surface area (Å²) in [6.45, 7) is 5.40. The van der Waals surface area contributed by atoms with Crippen LogP contribution in [0.3, 0.4) is 0 Å². The number of amides is 1. The Balaban J connectivity index is 1.71. The fraction of sp³-hybridized carbons (Fsp3) is 0.706. The summed E-state index contributed by atoms with van der Waals surface area (Å²) in [6, 6.07) is 1.97. The number of piperidine rings is 1. The lowest BCUT2D eigenvalue weighted by molar-refractivity contribution is -0.199. The molecular weight excluding hydrogens is 280 g/mol. The van der Waals surface area contributed by atoms with Gasteiger partial charge in [0.05, 0.1) is 17.8 Å². The lowest BCUT2D eigenvalue weighted by Crippen LogP contribution is -2.62. The predicted molar refractivity (Wildman–Crippen MR) is 83.9 cm³/mol. The van der Waals surface area contributed by atoms with Crippen molar-refractivity contribution in [2.75, 3.05) is 20.2 Å². The maximum Gasteiger partial charge on any atom is 0.255 e. The number of rotatable bonds is 2. The SMILES string of the molecule is CO[C@@H]1C[C@H](O)C12CCN(C(=O)c1cc(C)n(C)c1C)CC2. The van der Waals surface area contributed by atoms with Gasteiger partial charge in [-0.2, -0.15) is 0 Å². The Morgan fingerprint density at radius 2 is 2.00 bits per heavy atom. The molecule has 2 heterocycles. The number of aromatic nitrogens is 1. The number of hydrogen-bond donors (Lipinski definition) is 1. The average molecular weight is 306 g/mol. The smallest absolute Gasteiger partial charge is 0.255 e. The van der Waals surface area contributed by atoms with Crippen LogP contribution in [0, 0.1) is 19.3 Å². The quantitative estimate of drug-likeness (QED) is 0.904.